The van der Waals surface area contributed by atoms with E-state index in [0.29, 0.717) is 0 Å². The minimum absolute atomic E-state index is 0.324. The molecule has 0 fully saturated rings. The van der Waals surface area contributed by atoms with E-state index < -0.39 is 24.6 Å². The lowest BCUT2D eigenvalue weighted by atomic mass is 10.4. The third-order valence-corrected chi connectivity index (χ3v) is 1.18. The Hall–Kier alpha value is -1.66. The van der Waals surface area contributed by atoms with Gasteiger partial charge in [0.05, 0.1) is 12.7 Å². The molecule has 0 heterocycles. The Morgan fingerprint density at radius 3 is 2.60 bits per heavy atom. The van der Waals surface area contributed by atoms with Crippen molar-refractivity contribution in [2.75, 3.05) is 13.2 Å². The van der Waals surface area contributed by atoms with Crippen LogP contribution in [0.4, 0.5) is 0 Å². The summed E-state index contributed by atoms with van der Waals surface area (Å²) in [6.07, 6.45) is 1.53. The molecule has 6 heteroatoms. The summed E-state index contributed by atoms with van der Waals surface area (Å²) in [5.41, 5.74) is 0. The molecule has 0 aliphatic rings. The standard InChI is InChI=1S/C9H12O6/c1-2-8(12)14-4-3-9(13)15-6-7(11)5-10/h2-4,7,10-11H,1,5-6H2. The van der Waals surface area contributed by atoms with Crippen LogP contribution in [0.2, 0.25) is 0 Å². The van der Waals surface area contributed by atoms with Gasteiger partial charge >= 0.3 is 11.9 Å². The molecule has 6 nitrogen and oxygen atoms in total. The summed E-state index contributed by atoms with van der Waals surface area (Å²) in [5.74, 6) is -1.49. The lowest BCUT2D eigenvalue weighted by Gasteiger charge is -2.05. The summed E-state index contributed by atoms with van der Waals surface area (Å²) in [6.45, 7) is 2.32. The molecule has 0 radical (unpaired) electrons. The molecule has 0 saturated heterocycles. The van der Waals surface area contributed by atoms with Gasteiger partial charge in [0.15, 0.2) is 0 Å². The number of rotatable bonds is 6. The van der Waals surface area contributed by atoms with Crippen molar-refractivity contribution >= 4 is 11.9 Å². The van der Waals surface area contributed by atoms with Crippen LogP contribution in [-0.4, -0.2) is 41.5 Å². The quantitative estimate of drug-likeness (QED) is 0.340. The highest BCUT2D eigenvalue weighted by molar-refractivity contribution is 5.84. The topological polar surface area (TPSA) is 93.1 Å². The van der Waals surface area contributed by atoms with Crippen molar-refractivity contribution in [3.05, 3.63) is 25.0 Å². The fraction of sp³-hybridized carbons (Fsp3) is 0.333. The number of carbonyl (C=O) groups excluding carboxylic acids is 2. The first kappa shape index (κ1) is 13.3. The van der Waals surface area contributed by atoms with E-state index in [-0.39, 0.29) is 6.61 Å². The molecule has 0 spiro atoms. The average molecular weight is 216 g/mol. The third-order valence-electron chi connectivity index (χ3n) is 1.18. The molecule has 2 N–H and O–H groups in total. The fourth-order valence-electron chi connectivity index (χ4n) is 0.484. The number of hydrogen-bond donors (Lipinski definition) is 2. The number of carbonyl (C=O) groups is 2. The van der Waals surface area contributed by atoms with Crippen molar-refractivity contribution in [1.82, 2.24) is 0 Å². The van der Waals surface area contributed by atoms with Crippen molar-refractivity contribution < 1.29 is 29.3 Å². The molecule has 1 atom stereocenters. The number of hydrogen-bond acceptors (Lipinski definition) is 6. The maximum absolute atomic E-state index is 10.8. The van der Waals surface area contributed by atoms with Gasteiger partial charge in [0, 0.05) is 6.08 Å². The van der Waals surface area contributed by atoms with E-state index in [4.69, 9.17) is 10.2 Å². The smallest absolute Gasteiger partial charge is 0.334 e. The molecule has 0 aromatic rings. The summed E-state index contributed by atoms with van der Waals surface area (Å²) in [7, 11) is 0. The van der Waals surface area contributed by atoms with Crippen LogP contribution in [0.15, 0.2) is 25.0 Å². The van der Waals surface area contributed by atoms with E-state index >= 15 is 0 Å². The first-order chi connectivity index (χ1) is 7.10. The molecule has 0 amide bonds. The van der Waals surface area contributed by atoms with Gasteiger partial charge in [-0.3, -0.25) is 0 Å². The van der Waals surface area contributed by atoms with Crippen LogP contribution in [0.25, 0.3) is 0 Å². The number of ether oxygens (including phenoxy) is 2. The summed E-state index contributed by atoms with van der Waals surface area (Å²) >= 11 is 0. The van der Waals surface area contributed by atoms with Crippen LogP contribution in [0.3, 0.4) is 0 Å². The minimum Gasteiger partial charge on any atom is -0.460 e. The van der Waals surface area contributed by atoms with Gasteiger partial charge in [-0.1, -0.05) is 6.58 Å². The van der Waals surface area contributed by atoms with Gasteiger partial charge in [0.2, 0.25) is 0 Å². The van der Waals surface area contributed by atoms with Crippen molar-refractivity contribution in [1.29, 1.82) is 0 Å². The molecule has 0 bridgehead atoms. The summed E-state index contributed by atoms with van der Waals surface area (Å²) in [5, 5.41) is 17.2. The zero-order valence-corrected chi connectivity index (χ0v) is 7.96. The van der Waals surface area contributed by atoms with Gasteiger partial charge < -0.3 is 19.7 Å². The maximum Gasteiger partial charge on any atom is 0.334 e. The summed E-state index contributed by atoms with van der Waals surface area (Å²) < 4.78 is 8.80. The lowest BCUT2D eigenvalue weighted by Crippen LogP contribution is -2.21. The Labute approximate surface area is 86.4 Å². The summed E-state index contributed by atoms with van der Waals surface area (Å²) in [4.78, 5) is 21.3. The van der Waals surface area contributed by atoms with Crippen molar-refractivity contribution in [3.8, 4) is 0 Å². The Balaban J connectivity index is 3.73. The monoisotopic (exact) mass is 216 g/mol. The Kier molecular flexibility index (Phi) is 6.86. The van der Waals surface area contributed by atoms with Crippen LogP contribution >= 0.6 is 0 Å². The van der Waals surface area contributed by atoms with Gasteiger partial charge in [-0.05, 0) is 0 Å². The molecule has 84 valence electrons. The molecule has 0 aromatic heterocycles. The molecule has 0 aliphatic carbocycles. The molecule has 0 rings (SSSR count). The number of aliphatic hydroxyl groups excluding tert-OH is 2. The molecule has 0 aliphatic heterocycles. The predicted octanol–water partition coefficient (Wildman–Crippen LogP) is -0.874. The molecule has 0 saturated carbocycles. The van der Waals surface area contributed by atoms with Crippen LogP contribution in [-0.2, 0) is 19.1 Å². The average Bonchev–Trinajstić information content (AvgIpc) is 2.25. The van der Waals surface area contributed by atoms with E-state index in [9.17, 15) is 9.59 Å². The molecular formula is C9H12O6. The van der Waals surface area contributed by atoms with E-state index in [1.54, 1.807) is 0 Å². The second-order valence-electron chi connectivity index (χ2n) is 2.41. The van der Waals surface area contributed by atoms with E-state index in [1.807, 2.05) is 0 Å². The van der Waals surface area contributed by atoms with Crippen LogP contribution in [0.1, 0.15) is 0 Å². The van der Waals surface area contributed by atoms with E-state index in [1.165, 1.54) is 0 Å². The second-order valence-corrected chi connectivity index (χ2v) is 2.41. The Bertz CT molecular complexity index is 257. The minimum atomic E-state index is -1.11. The maximum atomic E-state index is 10.8. The molecule has 1 unspecified atom stereocenters. The first-order valence-corrected chi connectivity index (χ1v) is 4.05. The van der Waals surface area contributed by atoms with Crippen molar-refractivity contribution in [2.45, 2.75) is 6.10 Å². The van der Waals surface area contributed by atoms with Gasteiger partial charge in [0.1, 0.15) is 19.0 Å². The number of esters is 2. The molecule has 0 aromatic carbocycles. The zero-order chi connectivity index (χ0) is 11.7. The van der Waals surface area contributed by atoms with Crippen LogP contribution in [0.5, 0.6) is 0 Å². The fourth-order valence-corrected chi connectivity index (χ4v) is 0.484. The van der Waals surface area contributed by atoms with Crippen LogP contribution < -0.4 is 0 Å². The first-order valence-electron chi connectivity index (χ1n) is 4.05. The SMILES string of the molecule is C=CC(=O)OC=CC(=O)OCC(O)CO. The Morgan fingerprint density at radius 1 is 1.40 bits per heavy atom. The van der Waals surface area contributed by atoms with E-state index in [2.05, 4.69) is 16.1 Å². The highest BCUT2D eigenvalue weighted by Gasteiger charge is 2.04. The van der Waals surface area contributed by atoms with Crippen LogP contribution in [0, 0.1) is 0 Å². The highest BCUT2D eigenvalue weighted by atomic mass is 16.5. The number of aliphatic hydroxyl groups is 2. The lowest BCUT2D eigenvalue weighted by molar-refractivity contribution is -0.141. The van der Waals surface area contributed by atoms with Crippen molar-refractivity contribution in [2.24, 2.45) is 0 Å². The van der Waals surface area contributed by atoms with E-state index in [0.717, 1.165) is 18.4 Å². The van der Waals surface area contributed by atoms with Crippen molar-refractivity contribution in [3.63, 3.8) is 0 Å². The highest BCUT2D eigenvalue weighted by Crippen LogP contribution is 1.88. The second kappa shape index (κ2) is 7.72. The molecule has 15 heavy (non-hydrogen) atoms. The normalized spacial score (nSPS) is 12.1. The molecular weight excluding hydrogens is 204 g/mol. The Morgan fingerprint density at radius 2 is 2.07 bits per heavy atom. The van der Waals surface area contributed by atoms with Gasteiger partial charge in [-0.15, -0.1) is 0 Å². The summed E-state index contributed by atoms with van der Waals surface area (Å²) in [6, 6.07) is 0. The van der Waals surface area contributed by atoms with Gasteiger partial charge in [-0.25, -0.2) is 9.59 Å². The third kappa shape index (κ3) is 7.41. The zero-order valence-electron chi connectivity index (χ0n) is 7.96. The largest absolute Gasteiger partial charge is 0.460 e. The van der Waals surface area contributed by atoms with Gasteiger partial charge in [0.25, 0.3) is 0 Å². The van der Waals surface area contributed by atoms with Gasteiger partial charge in [-0.2, -0.15) is 0 Å². The predicted molar refractivity (Wildman–Crippen MR) is 49.5 cm³/mol.